The molecule has 0 bridgehead atoms. The van der Waals surface area contributed by atoms with E-state index in [2.05, 4.69) is 21.5 Å². The van der Waals surface area contributed by atoms with Crippen LogP contribution in [0.4, 0.5) is 0 Å². The molecule has 24 heavy (non-hydrogen) atoms. The Balaban J connectivity index is 2.83. The molecule has 10 heteroatoms. The Hall–Kier alpha value is -0.490. The molecule has 0 atom stereocenters. The predicted molar refractivity (Wildman–Crippen MR) is 100 cm³/mol. The van der Waals surface area contributed by atoms with E-state index < -0.39 is 7.59 Å². The van der Waals surface area contributed by atoms with Gasteiger partial charge in [0.05, 0.1) is 12.7 Å². The van der Waals surface area contributed by atoms with E-state index in [0.717, 1.165) is 0 Å². The summed E-state index contributed by atoms with van der Waals surface area (Å²) >= 11 is 35.3. The maximum atomic E-state index is 5.88. The summed E-state index contributed by atoms with van der Waals surface area (Å²) in [6.07, 6.45) is 1.60. The lowest BCUT2D eigenvalue weighted by Gasteiger charge is -2.17. The molecule has 0 radical (unpaired) electrons. The zero-order valence-corrected chi connectivity index (χ0v) is 16.6. The summed E-state index contributed by atoms with van der Waals surface area (Å²) in [4.78, 5) is 12.3. The Bertz CT molecular complexity index is 738. The summed E-state index contributed by atoms with van der Waals surface area (Å²) < 4.78 is 1.48. The topological polar surface area (TPSA) is 47.9 Å². The normalized spacial score (nSPS) is 12.1. The summed E-state index contributed by atoms with van der Waals surface area (Å²) in [5.41, 5.74) is 1.19. The molecule has 0 aliphatic carbocycles. The van der Waals surface area contributed by atoms with Crippen molar-refractivity contribution in [1.29, 1.82) is 0 Å². The van der Waals surface area contributed by atoms with E-state index in [4.69, 9.17) is 74.3 Å². The van der Waals surface area contributed by atoms with Crippen molar-refractivity contribution in [2.75, 3.05) is 7.11 Å². The molecule has 0 aliphatic rings. The third-order valence-corrected chi connectivity index (χ3v) is 3.88. The number of methoxy groups -OCH3 is 1. The van der Waals surface area contributed by atoms with Gasteiger partial charge in [0.2, 0.25) is 7.59 Å². The zero-order valence-electron chi connectivity index (χ0n) is 12.0. The molecule has 128 valence electrons. The molecule has 1 heterocycles. The minimum atomic E-state index is -1.93. The lowest BCUT2D eigenvalue weighted by atomic mass is 10.1. The van der Waals surface area contributed by atoms with Crippen LogP contribution in [0.25, 0.3) is 17.5 Å². The van der Waals surface area contributed by atoms with E-state index in [1.807, 2.05) is 0 Å². The van der Waals surface area contributed by atoms with Crippen molar-refractivity contribution < 1.29 is 4.74 Å². The Kier molecular flexibility index (Phi) is 6.12. The van der Waals surface area contributed by atoms with Gasteiger partial charge in [0.25, 0.3) is 0 Å². The van der Waals surface area contributed by atoms with Gasteiger partial charge in [0.15, 0.2) is 17.5 Å². The summed E-state index contributed by atoms with van der Waals surface area (Å²) in [5, 5.41) is 0. The van der Waals surface area contributed by atoms with E-state index >= 15 is 0 Å². The predicted octanol–water partition coefficient (Wildman–Crippen LogP) is 5.84. The monoisotopic (exact) mass is 445 g/mol. The van der Waals surface area contributed by atoms with Gasteiger partial charge in [-0.2, -0.15) is 0 Å². The largest absolute Gasteiger partial charge is 0.496 e. The van der Waals surface area contributed by atoms with E-state index in [1.165, 1.54) is 7.11 Å². The number of halogens is 6. The van der Waals surface area contributed by atoms with Gasteiger partial charge in [0, 0.05) is 0 Å². The first-order valence-electron chi connectivity index (χ1n) is 6.28. The first-order chi connectivity index (χ1) is 11.1. The van der Waals surface area contributed by atoms with Crippen LogP contribution in [-0.4, -0.2) is 22.1 Å². The number of benzene rings is 1. The van der Waals surface area contributed by atoms with Crippen LogP contribution in [0, 0.1) is 0 Å². The lowest BCUT2D eigenvalue weighted by Crippen LogP contribution is -2.17. The third kappa shape index (κ3) is 4.37. The van der Waals surface area contributed by atoms with Gasteiger partial charge >= 0.3 is 0 Å². The van der Waals surface area contributed by atoms with Gasteiger partial charge in [-0.05, 0) is 11.6 Å². The second kappa shape index (κ2) is 7.40. The van der Waals surface area contributed by atoms with Crippen LogP contribution in [0.1, 0.15) is 17.2 Å². The standard InChI is InChI=1S/C14H9Cl6N3O/c1-3-7-5-4-6-8(24-2)9(7)10-21-11(13(15,16)17)23-12(22-10)14(18,19)20/h3-6H,1H2,2H3. The van der Waals surface area contributed by atoms with Crippen LogP contribution >= 0.6 is 69.6 Å². The fourth-order valence-corrected chi connectivity index (χ4v) is 2.38. The highest BCUT2D eigenvalue weighted by atomic mass is 35.6. The molecule has 4 nitrogen and oxygen atoms in total. The maximum absolute atomic E-state index is 5.88. The molecule has 2 aromatic rings. The summed E-state index contributed by atoms with van der Waals surface area (Å²) in [6, 6.07) is 5.29. The van der Waals surface area contributed by atoms with Crippen LogP contribution in [0.5, 0.6) is 5.75 Å². The SMILES string of the molecule is C=Cc1cccc(OC)c1-c1nc(C(Cl)(Cl)Cl)nc(C(Cl)(Cl)Cl)n1. The molecule has 0 saturated heterocycles. The highest BCUT2D eigenvalue weighted by Crippen LogP contribution is 2.42. The summed E-state index contributed by atoms with van der Waals surface area (Å²) in [5.74, 6) is 0.239. The van der Waals surface area contributed by atoms with Gasteiger partial charge in [0.1, 0.15) is 5.75 Å². The first-order valence-corrected chi connectivity index (χ1v) is 8.55. The molecule has 0 fully saturated rings. The van der Waals surface area contributed by atoms with Crippen molar-refractivity contribution >= 4 is 75.7 Å². The van der Waals surface area contributed by atoms with Gasteiger partial charge in [-0.15, -0.1) is 0 Å². The van der Waals surface area contributed by atoms with Crippen molar-refractivity contribution in [1.82, 2.24) is 15.0 Å². The number of alkyl halides is 6. The highest BCUT2D eigenvalue weighted by Gasteiger charge is 2.34. The number of aromatic nitrogens is 3. The minimum Gasteiger partial charge on any atom is -0.496 e. The Morgan fingerprint density at radius 3 is 1.92 bits per heavy atom. The smallest absolute Gasteiger partial charge is 0.250 e. The van der Waals surface area contributed by atoms with Crippen LogP contribution in [-0.2, 0) is 7.59 Å². The van der Waals surface area contributed by atoms with Crippen LogP contribution in [0.2, 0.25) is 0 Å². The molecule has 0 N–H and O–H groups in total. The summed E-state index contributed by atoms with van der Waals surface area (Å²) in [6.45, 7) is 3.75. The van der Waals surface area contributed by atoms with Gasteiger partial charge in [-0.3, -0.25) is 0 Å². The van der Waals surface area contributed by atoms with Crippen LogP contribution in [0.3, 0.4) is 0 Å². The van der Waals surface area contributed by atoms with Crippen molar-refractivity contribution in [3.63, 3.8) is 0 Å². The second-order valence-corrected chi connectivity index (χ2v) is 8.99. The van der Waals surface area contributed by atoms with Crippen molar-refractivity contribution in [3.05, 3.63) is 42.0 Å². The molecule has 1 aromatic carbocycles. The molecule has 0 amide bonds. The second-order valence-electron chi connectivity index (χ2n) is 4.43. The number of nitrogens with zero attached hydrogens (tertiary/aromatic N) is 3. The minimum absolute atomic E-state index is 0.125. The average molecular weight is 448 g/mol. The molecule has 1 aromatic heterocycles. The fraction of sp³-hybridized carbons (Fsp3) is 0.214. The van der Waals surface area contributed by atoms with E-state index in [0.29, 0.717) is 16.9 Å². The first kappa shape index (κ1) is 19.8. The molecule has 0 aliphatic heterocycles. The number of ether oxygens (including phenoxy) is 1. The van der Waals surface area contributed by atoms with E-state index in [-0.39, 0.29) is 17.5 Å². The number of hydrogen-bond acceptors (Lipinski definition) is 4. The Labute approximate surface area is 168 Å². The van der Waals surface area contributed by atoms with Crippen molar-refractivity contribution in [2.45, 2.75) is 7.59 Å². The zero-order chi connectivity index (χ0) is 18.1. The number of hydrogen-bond donors (Lipinski definition) is 0. The quantitative estimate of drug-likeness (QED) is 0.554. The third-order valence-electron chi connectivity index (χ3n) is 2.86. The van der Waals surface area contributed by atoms with E-state index in [9.17, 15) is 0 Å². The average Bonchev–Trinajstić information content (AvgIpc) is 2.51. The maximum Gasteiger partial charge on any atom is 0.250 e. The van der Waals surface area contributed by atoms with Gasteiger partial charge < -0.3 is 4.74 Å². The van der Waals surface area contributed by atoms with Crippen molar-refractivity contribution in [2.24, 2.45) is 0 Å². The van der Waals surface area contributed by atoms with E-state index in [1.54, 1.807) is 24.3 Å². The molecular formula is C14H9Cl6N3O. The fourth-order valence-electron chi connectivity index (χ4n) is 1.87. The van der Waals surface area contributed by atoms with Crippen LogP contribution in [0.15, 0.2) is 24.8 Å². The lowest BCUT2D eigenvalue weighted by molar-refractivity contribution is 0.416. The molecule has 0 saturated carbocycles. The van der Waals surface area contributed by atoms with Gasteiger partial charge in [-0.25, -0.2) is 15.0 Å². The molecule has 0 unspecified atom stereocenters. The van der Waals surface area contributed by atoms with Crippen LogP contribution < -0.4 is 4.74 Å². The number of rotatable bonds is 3. The molecule has 0 spiro atoms. The Morgan fingerprint density at radius 1 is 0.958 bits per heavy atom. The summed E-state index contributed by atoms with van der Waals surface area (Å²) in [7, 11) is 1.50. The highest BCUT2D eigenvalue weighted by molar-refractivity contribution is 6.67. The van der Waals surface area contributed by atoms with Crippen molar-refractivity contribution in [3.8, 4) is 17.1 Å². The van der Waals surface area contributed by atoms with Gasteiger partial charge in [-0.1, -0.05) is 94.4 Å². The molecular weight excluding hydrogens is 439 g/mol. The molecule has 2 rings (SSSR count). The Morgan fingerprint density at radius 2 is 1.50 bits per heavy atom.